The molecule has 0 aliphatic rings. The number of nitrogens with zero attached hydrogens (tertiary/aromatic N) is 7. The van der Waals surface area contributed by atoms with Crippen LogP contribution in [0.3, 0.4) is 0 Å². The molecule has 7 heteroatoms. The van der Waals surface area contributed by atoms with Gasteiger partial charge in [0, 0.05) is 18.6 Å². The van der Waals surface area contributed by atoms with Gasteiger partial charge in [-0.2, -0.15) is 10.2 Å². The van der Waals surface area contributed by atoms with E-state index in [1.165, 1.54) is 0 Å². The molecule has 0 aromatic carbocycles. The molecule has 0 atom stereocenters. The first kappa shape index (κ1) is 12.4. The van der Waals surface area contributed by atoms with Crippen LogP contribution in [0.4, 0.5) is 0 Å². The normalized spacial score (nSPS) is 10.7. The maximum absolute atomic E-state index is 4.35. The van der Waals surface area contributed by atoms with Crippen LogP contribution < -0.4 is 0 Å². The first-order valence-electron chi connectivity index (χ1n) is 6.69. The average molecular weight is 289 g/mol. The number of hydrogen-bond acceptors (Lipinski definition) is 5. The van der Waals surface area contributed by atoms with Crippen molar-refractivity contribution in [2.75, 3.05) is 0 Å². The molecule has 0 unspecified atom stereocenters. The lowest BCUT2D eigenvalue weighted by Gasteiger charge is -2.03. The summed E-state index contributed by atoms with van der Waals surface area (Å²) in [6.07, 6.45) is 12.2. The van der Waals surface area contributed by atoms with E-state index < -0.39 is 0 Å². The summed E-state index contributed by atoms with van der Waals surface area (Å²) in [4.78, 5) is 12.6. The second-order valence-electron chi connectivity index (χ2n) is 4.55. The van der Waals surface area contributed by atoms with E-state index >= 15 is 0 Å². The molecule has 4 rings (SSSR count). The maximum atomic E-state index is 4.35. The number of pyridine rings is 1. The minimum Gasteiger partial charge on any atom is -0.262 e. The number of rotatable bonds is 3. The molecule has 106 valence electrons. The lowest BCUT2D eigenvalue weighted by atomic mass is 10.4. The summed E-state index contributed by atoms with van der Waals surface area (Å²) < 4.78 is 3.51. The second-order valence-corrected chi connectivity index (χ2v) is 4.55. The topological polar surface area (TPSA) is 74.3 Å². The fourth-order valence-electron chi connectivity index (χ4n) is 2.16. The molecule has 0 bridgehead atoms. The van der Waals surface area contributed by atoms with Crippen molar-refractivity contribution in [3.05, 3.63) is 67.6 Å². The minimum atomic E-state index is 0.620. The zero-order valence-electron chi connectivity index (χ0n) is 11.5. The van der Waals surface area contributed by atoms with E-state index in [-0.39, 0.29) is 0 Å². The average Bonchev–Trinajstić information content (AvgIpc) is 3.25. The summed E-state index contributed by atoms with van der Waals surface area (Å²) in [5.41, 5.74) is 2.53. The maximum Gasteiger partial charge on any atom is 0.178 e. The Morgan fingerprint density at radius 2 is 1.68 bits per heavy atom. The van der Waals surface area contributed by atoms with Gasteiger partial charge in [-0.05, 0) is 24.3 Å². The van der Waals surface area contributed by atoms with Gasteiger partial charge < -0.3 is 0 Å². The van der Waals surface area contributed by atoms with Gasteiger partial charge in [-0.1, -0.05) is 0 Å². The predicted molar refractivity (Wildman–Crippen MR) is 79.5 cm³/mol. The molecule has 22 heavy (non-hydrogen) atoms. The van der Waals surface area contributed by atoms with E-state index in [9.17, 15) is 0 Å². The van der Waals surface area contributed by atoms with Crippen molar-refractivity contribution in [1.29, 1.82) is 0 Å². The van der Waals surface area contributed by atoms with E-state index in [0.717, 1.165) is 17.1 Å². The van der Waals surface area contributed by atoms with Crippen molar-refractivity contribution in [3.8, 4) is 22.9 Å². The molecular formula is C15H11N7. The molecule has 0 saturated heterocycles. The molecule has 0 radical (unpaired) electrons. The van der Waals surface area contributed by atoms with E-state index in [0.29, 0.717) is 5.82 Å². The van der Waals surface area contributed by atoms with Crippen LogP contribution in [0.25, 0.3) is 22.9 Å². The van der Waals surface area contributed by atoms with Gasteiger partial charge >= 0.3 is 0 Å². The van der Waals surface area contributed by atoms with Gasteiger partial charge in [0.05, 0.1) is 30.5 Å². The van der Waals surface area contributed by atoms with Gasteiger partial charge in [-0.25, -0.2) is 19.3 Å². The smallest absolute Gasteiger partial charge is 0.178 e. The summed E-state index contributed by atoms with van der Waals surface area (Å²) >= 11 is 0. The monoisotopic (exact) mass is 289 g/mol. The van der Waals surface area contributed by atoms with E-state index in [4.69, 9.17) is 0 Å². The van der Waals surface area contributed by atoms with E-state index in [2.05, 4.69) is 25.1 Å². The van der Waals surface area contributed by atoms with Crippen molar-refractivity contribution in [3.63, 3.8) is 0 Å². The zero-order chi connectivity index (χ0) is 14.8. The Bertz CT molecular complexity index is 880. The third kappa shape index (κ3) is 2.14. The Labute approximate surface area is 125 Å². The SMILES string of the molecule is c1cnc(-c2ccnn2-c2cnn(-c3cccnc3)c2)nc1. The van der Waals surface area contributed by atoms with Crippen LogP contribution in [0.1, 0.15) is 0 Å². The molecule has 0 spiro atoms. The Kier molecular flexibility index (Phi) is 2.93. The van der Waals surface area contributed by atoms with Crippen LogP contribution in [-0.2, 0) is 0 Å². The second kappa shape index (κ2) is 5.21. The lowest BCUT2D eigenvalue weighted by Crippen LogP contribution is -2.00. The van der Waals surface area contributed by atoms with Gasteiger partial charge in [0.15, 0.2) is 5.82 Å². The van der Waals surface area contributed by atoms with Crippen molar-refractivity contribution in [1.82, 2.24) is 34.5 Å². The molecule has 4 aromatic rings. The minimum absolute atomic E-state index is 0.620. The van der Waals surface area contributed by atoms with Gasteiger partial charge in [-0.15, -0.1) is 0 Å². The molecule has 0 aliphatic heterocycles. The van der Waals surface area contributed by atoms with Crippen LogP contribution in [0.2, 0.25) is 0 Å². The Morgan fingerprint density at radius 3 is 2.50 bits per heavy atom. The molecule has 4 aromatic heterocycles. The summed E-state index contributed by atoms with van der Waals surface area (Å²) in [6.45, 7) is 0. The van der Waals surface area contributed by atoms with Crippen LogP contribution in [0.15, 0.2) is 67.6 Å². The Morgan fingerprint density at radius 1 is 0.773 bits per heavy atom. The zero-order valence-corrected chi connectivity index (χ0v) is 11.5. The molecule has 0 N–H and O–H groups in total. The van der Waals surface area contributed by atoms with Crippen LogP contribution >= 0.6 is 0 Å². The Balaban J connectivity index is 1.76. The highest BCUT2D eigenvalue weighted by molar-refractivity contribution is 5.52. The van der Waals surface area contributed by atoms with Crippen molar-refractivity contribution in [2.24, 2.45) is 0 Å². The third-order valence-electron chi connectivity index (χ3n) is 3.16. The van der Waals surface area contributed by atoms with Crippen LogP contribution in [-0.4, -0.2) is 34.5 Å². The van der Waals surface area contributed by atoms with Crippen molar-refractivity contribution < 1.29 is 0 Å². The highest BCUT2D eigenvalue weighted by Gasteiger charge is 2.11. The lowest BCUT2D eigenvalue weighted by molar-refractivity contribution is 0.864. The van der Waals surface area contributed by atoms with Crippen LogP contribution in [0, 0.1) is 0 Å². The van der Waals surface area contributed by atoms with Gasteiger partial charge in [0.2, 0.25) is 0 Å². The molecule has 4 heterocycles. The third-order valence-corrected chi connectivity index (χ3v) is 3.16. The van der Waals surface area contributed by atoms with Gasteiger partial charge in [0.1, 0.15) is 11.4 Å². The molecule has 0 amide bonds. The molecule has 0 fully saturated rings. The van der Waals surface area contributed by atoms with Gasteiger partial charge in [0.25, 0.3) is 0 Å². The fourth-order valence-corrected chi connectivity index (χ4v) is 2.16. The Hall–Kier alpha value is -3.35. The summed E-state index contributed by atoms with van der Waals surface area (Å²) in [6, 6.07) is 7.46. The number of aromatic nitrogens is 7. The van der Waals surface area contributed by atoms with Crippen molar-refractivity contribution >= 4 is 0 Å². The molecule has 0 saturated carbocycles. The van der Waals surface area contributed by atoms with E-state index in [1.54, 1.807) is 52.6 Å². The first-order chi connectivity index (χ1) is 10.9. The highest BCUT2D eigenvalue weighted by atomic mass is 15.3. The number of hydrogen-bond donors (Lipinski definition) is 0. The standard InChI is InChI=1S/C15H11N7/c1-3-12(9-16-5-1)21-11-13(10-20-21)22-14(4-8-19-22)15-17-6-2-7-18-15/h1-11H. The largest absolute Gasteiger partial charge is 0.262 e. The van der Waals surface area contributed by atoms with Crippen LogP contribution in [0.5, 0.6) is 0 Å². The predicted octanol–water partition coefficient (Wildman–Crippen LogP) is 1.91. The van der Waals surface area contributed by atoms with Gasteiger partial charge in [-0.3, -0.25) is 4.98 Å². The molecule has 0 aliphatic carbocycles. The summed E-state index contributed by atoms with van der Waals surface area (Å²) in [7, 11) is 0. The highest BCUT2D eigenvalue weighted by Crippen LogP contribution is 2.18. The van der Waals surface area contributed by atoms with Crippen molar-refractivity contribution in [2.45, 2.75) is 0 Å². The quantitative estimate of drug-likeness (QED) is 0.576. The molecule has 7 nitrogen and oxygen atoms in total. The first-order valence-corrected chi connectivity index (χ1v) is 6.69. The summed E-state index contributed by atoms with van der Waals surface area (Å²) in [5, 5.41) is 8.69. The fraction of sp³-hybridized carbons (Fsp3) is 0. The molecular weight excluding hydrogens is 278 g/mol. The summed E-state index contributed by atoms with van der Waals surface area (Å²) in [5.74, 6) is 0.620. The van der Waals surface area contributed by atoms with E-state index in [1.807, 2.05) is 24.4 Å².